The van der Waals surface area contributed by atoms with Gasteiger partial charge in [-0.25, -0.2) is 0 Å². The highest BCUT2D eigenvalue weighted by Gasteiger charge is 2.50. The Kier molecular flexibility index (Phi) is 9.85. The molecular weight excluding hydrogens is 392 g/mol. The van der Waals surface area contributed by atoms with Crippen molar-refractivity contribution in [1.82, 2.24) is 0 Å². The van der Waals surface area contributed by atoms with Gasteiger partial charge in [-0.15, -0.1) is 6.58 Å². The molecule has 0 aromatic rings. The summed E-state index contributed by atoms with van der Waals surface area (Å²) < 4.78 is 21.6. The number of ether oxygens (including phenoxy) is 4. The molecule has 0 radical (unpaired) electrons. The maximum atomic E-state index is 10.5. The third kappa shape index (κ3) is 5.93. The predicted molar refractivity (Wildman–Crippen MR) is 96.4 cm³/mol. The van der Waals surface area contributed by atoms with Gasteiger partial charge >= 0.3 is 0 Å². The fourth-order valence-corrected chi connectivity index (χ4v) is 3.28. The monoisotopic (exact) mass is 424 g/mol. The summed E-state index contributed by atoms with van der Waals surface area (Å²) >= 11 is 0. The van der Waals surface area contributed by atoms with E-state index in [4.69, 9.17) is 18.9 Å². The van der Waals surface area contributed by atoms with Crippen LogP contribution in [-0.2, 0) is 18.9 Å². The van der Waals surface area contributed by atoms with E-state index in [1.165, 1.54) is 0 Å². The van der Waals surface area contributed by atoms with Gasteiger partial charge in [0.15, 0.2) is 12.6 Å². The van der Waals surface area contributed by atoms with Gasteiger partial charge in [-0.2, -0.15) is 0 Å². The third-order valence-corrected chi connectivity index (χ3v) is 5.05. The Hall–Kier alpha value is -0.700. The molecule has 2 aliphatic rings. The molecule has 0 aromatic carbocycles. The van der Waals surface area contributed by atoms with E-state index in [1.54, 1.807) is 6.08 Å². The summed E-state index contributed by atoms with van der Waals surface area (Å²) in [5.41, 5.74) is 0. The van der Waals surface area contributed by atoms with E-state index in [2.05, 4.69) is 6.58 Å². The second kappa shape index (κ2) is 11.6. The molecule has 0 aliphatic carbocycles. The summed E-state index contributed by atoms with van der Waals surface area (Å²) in [6.07, 6.45) is -10.3. The molecule has 2 heterocycles. The highest BCUT2D eigenvalue weighted by atomic mass is 16.7. The lowest BCUT2D eigenvalue weighted by Crippen LogP contribution is -2.64. The second-order valence-corrected chi connectivity index (χ2v) is 7.16. The van der Waals surface area contributed by atoms with Gasteiger partial charge in [0.1, 0.15) is 48.8 Å². The lowest BCUT2D eigenvalue weighted by atomic mass is 9.97. The van der Waals surface area contributed by atoms with Crippen molar-refractivity contribution in [2.45, 2.75) is 80.7 Å². The molecule has 2 fully saturated rings. The zero-order chi connectivity index (χ0) is 21.6. The maximum absolute atomic E-state index is 10.5. The Morgan fingerprint density at radius 3 is 2.00 bits per heavy atom. The van der Waals surface area contributed by atoms with Crippen LogP contribution in [0.1, 0.15) is 19.3 Å². The Bertz CT molecular complexity index is 488. The van der Waals surface area contributed by atoms with Crippen molar-refractivity contribution in [3.05, 3.63) is 12.7 Å². The molecule has 0 amide bonds. The van der Waals surface area contributed by atoms with Crippen molar-refractivity contribution in [1.29, 1.82) is 0 Å². The highest BCUT2D eigenvalue weighted by molar-refractivity contribution is 4.94. The van der Waals surface area contributed by atoms with Crippen LogP contribution in [0.5, 0.6) is 0 Å². The summed E-state index contributed by atoms with van der Waals surface area (Å²) in [6.45, 7) is 2.64. The third-order valence-electron chi connectivity index (χ3n) is 5.05. The van der Waals surface area contributed by atoms with Gasteiger partial charge in [-0.1, -0.05) is 6.08 Å². The number of aliphatic hydroxyl groups excluding tert-OH is 7. The normalized spacial score (nSPS) is 43.3. The first kappa shape index (κ1) is 24.6. The Morgan fingerprint density at radius 1 is 0.759 bits per heavy atom. The van der Waals surface area contributed by atoms with Crippen LogP contribution in [0, 0.1) is 0 Å². The van der Waals surface area contributed by atoms with Crippen LogP contribution in [0.15, 0.2) is 12.7 Å². The Morgan fingerprint density at radius 2 is 1.38 bits per heavy atom. The fourth-order valence-electron chi connectivity index (χ4n) is 3.28. The maximum Gasteiger partial charge on any atom is 0.187 e. The second-order valence-electron chi connectivity index (χ2n) is 7.16. The zero-order valence-electron chi connectivity index (χ0n) is 16.1. The largest absolute Gasteiger partial charge is 0.394 e. The minimum absolute atomic E-state index is 0.263. The van der Waals surface area contributed by atoms with E-state index in [0.717, 1.165) is 12.8 Å². The van der Waals surface area contributed by atoms with Crippen molar-refractivity contribution < 1.29 is 54.7 Å². The minimum Gasteiger partial charge on any atom is -0.394 e. The molecule has 11 nitrogen and oxygen atoms in total. The van der Waals surface area contributed by atoms with Gasteiger partial charge in [-0.3, -0.25) is 0 Å². The van der Waals surface area contributed by atoms with Crippen molar-refractivity contribution >= 4 is 0 Å². The minimum atomic E-state index is -1.70. The molecule has 0 spiro atoms. The van der Waals surface area contributed by atoms with Crippen LogP contribution in [-0.4, -0.2) is 117 Å². The average molecular weight is 424 g/mol. The molecule has 11 heteroatoms. The van der Waals surface area contributed by atoms with Crippen LogP contribution in [0.3, 0.4) is 0 Å². The van der Waals surface area contributed by atoms with Crippen LogP contribution >= 0.6 is 0 Å². The van der Waals surface area contributed by atoms with Crippen molar-refractivity contribution in [3.8, 4) is 0 Å². The summed E-state index contributed by atoms with van der Waals surface area (Å²) in [7, 11) is 0. The van der Waals surface area contributed by atoms with E-state index in [0.29, 0.717) is 6.42 Å². The molecule has 170 valence electrons. The summed E-state index contributed by atoms with van der Waals surface area (Å²) in [6, 6.07) is 0. The van der Waals surface area contributed by atoms with Gasteiger partial charge in [0.25, 0.3) is 0 Å². The Balaban J connectivity index is 1.99. The molecule has 2 saturated heterocycles. The molecule has 0 unspecified atom stereocenters. The van der Waals surface area contributed by atoms with E-state index in [1.807, 2.05) is 0 Å². The smallest absolute Gasteiger partial charge is 0.187 e. The SMILES string of the molecule is C=CCCCCO[C@@H]1O[C@H](CO)[C@@H](O[C@@H]2O[C@H](CO)[C@H](O)[C@H](O)[C@H]2O)[C@H](O)[C@H]1O. The molecule has 2 aliphatic heterocycles. The van der Waals surface area contributed by atoms with Crippen molar-refractivity contribution in [3.63, 3.8) is 0 Å². The van der Waals surface area contributed by atoms with Gasteiger partial charge in [-0.05, 0) is 19.3 Å². The molecule has 2 rings (SSSR count). The van der Waals surface area contributed by atoms with Gasteiger partial charge in [0.05, 0.1) is 13.2 Å². The summed E-state index contributed by atoms with van der Waals surface area (Å²) in [5, 5.41) is 69.4. The predicted octanol–water partition coefficient (Wildman–Crippen LogP) is -3.02. The molecule has 10 atom stereocenters. The molecule has 0 saturated carbocycles. The average Bonchev–Trinajstić information content (AvgIpc) is 2.72. The van der Waals surface area contributed by atoms with Crippen LogP contribution in [0.25, 0.3) is 0 Å². The number of aliphatic hydroxyl groups is 7. The topological polar surface area (TPSA) is 179 Å². The Labute approximate surface area is 168 Å². The fraction of sp³-hybridized carbons (Fsp3) is 0.889. The molecule has 0 bridgehead atoms. The lowest BCUT2D eigenvalue weighted by molar-refractivity contribution is -0.359. The summed E-state index contributed by atoms with van der Waals surface area (Å²) in [5.74, 6) is 0. The number of allylic oxidation sites excluding steroid dienone is 1. The van der Waals surface area contributed by atoms with E-state index in [-0.39, 0.29) is 6.61 Å². The van der Waals surface area contributed by atoms with E-state index < -0.39 is 74.6 Å². The molecule has 7 N–H and O–H groups in total. The lowest BCUT2D eigenvalue weighted by Gasteiger charge is -2.45. The molecule has 29 heavy (non-hydrogen) atoms. The van der Waals surface area contributed by atoms with Crippen LogP contribution in [0.4, 0.5) is 0 Å². The molecular formula is C18H32O11. The van der Waals surface area contributed by atoms with Crippen molar-refractivity contribution in [2.24, 2.45) is 0 Å². The highest BCUT2D eigenvalue weighted by Crippen LogP contribution is 2.29. The van der Waals surface area contributed by atoms with Gasteiger partial charge in [0.2, 0.25) is 0 Å². The zero-order valence-corrected chi connectivity index (χ0v) is 16.1. The standard InChI is InChI=1S/C18H32O11/c1-2-3-4-5-6-26-17-15(25)13(23)16(10(8-20)28-17)29-18-14(24)12(22)11(21)9(7-19)27-18/h2,9-25H,1,3-8H2/t9-,10-,11+,12+,13-,14-,15-,16-,17-,18+/m1/s1. The number of unbranched alkanes of at least 4 members (excludes halogenated alkanes) is 2. The van der Waals surface area contributed by atoms with Crippen LogP contribution in [0.2, 0.25) is 0 Å². The van der Waals surface area contributed by atoms with Crippen LogP contribution < -0.4 is 0 Å². The quantitative estimate of drug-likeness (QED) is 0.140. The first-order chi connectivity index (χ1) is 13.8. The summed E-state index contributed by atoms with van der Waals surface area (Å²) in [4.78, 5) is 0. The van der Waals surface area contributed by atoms with Crippen molar-refractivity contribution in [2.75, 3.05) is 19.8 Å². The first-order valence-corrected chi connectivity index (χ1v) is 9.66. The number of rotatable bonds is 10. The van der Waals surface area contributed by atoms with E-state index in [9.17, 15) is 35.7 Å². The number of hydrogen-bond acceptors (Lipinski definition) is 11. The molecule has 0 aromatic heterocycles. The van der Waals surface area contributed by atoms with E-state index >= 15 is 0 Å². The first-order valence-electron chi connectivity index (χ1n) is 9.66. The number of hydrogen-bond donors (Lipinski definition) is 7. The van der Waals surface area contributed by atoms with Gasteiger partial charge < -0.3 is 54.7 Å². The van der Waals surface area contributed by atoms with Gasteiger partial charge in [0, 0.05) is 6.61 Å².